The largest absolute Gasteiger partial charge is 0.491 e. The van der Waals surface area contributed by atoms with Crippen LogP contribution in [-0.2, 0) is 11.0 Å². The average Bonchev–Trinajstić information content (AvgIpc) is 3.50. The van der Waals surface area contributed by atoms with Gasteiger partial charge in [0.2, 0.25) is 0 Å². The summed E-state index contributed by atoms with van der Waals surface area (Å²) in [5, 5.41) is 9.21. The van der Waals surface area contributed by atoms with Gasteiger partial charge in [0, 0.05) is 5.56 Å². The topological polar surface area (TPSA) is 46.5 Å². The third-order valence-electron chi connectivity index (χ3n) is 5.59. The van der Waals surface area contributed by atoms with Crippen molar-refractivity contribution in [3.8, 4) is 16.9 Å². The van der Waals surface area contributed by atoms with Gasteiger partial charge in [-0.15, -0.1) is 0 Å². The van der Waals surface area contributed by atoms with Crippen LogP contribution in [0.25, 0.3) is 11.1 Å². The number of halogens is 4. The average molecular weight is 441 g/mol. The molecule has 1 saturated carbocycles. The first-order valence-corrected chi connectivity index (χ1v) is 10.4. The number of carboxylic acid groups (broad SMARTS) is 1. The number of ether oxygens (including phenoxy) is 1. The van der Waals surface area contributed by atoms with Crippen LogP contribution >= 0.6 is 11.6 Å². The fourth-order valence-electron chi connectivity index (χ4n) is 3.56. The molecule has 30 heavy (non-hydrogen) atoms. The Labute approximate surface area is 178 Å². The molecule has 2 atom stereocenters. The summed E-state index contributed by atoms with van der Waals surface area (Å²) in [7, 11) is 0. The monoisotopic (exact) mass is 440 g/mol. The molecule has 0 heterocycles. The molecular weight excluding hydrogens is 417 g/mol. The Hall–Kier alpha value is -2.21. The minimum Gasteiger partial charge on any atom is -0.491 e. The number of carbonyl (C=O) groups is 1. The fraction of sp³-hybridized carbons (Fsp3) is 0.435. The van der Waals surface area contributed by atoms with Gasteiger partial charge in [0.05, 0.1) is 23.1 Å². The molecule has 162 valence electrons. The number of alkyl halides is 3. The molecule has 0 spiro atoms. The van der Waals surface area contributed by atoms with Crippen molar-refractivity contribution < 1.29 is 27.8 Å². The van der Waals surface area contributed by atoms with Crippen LogP contribution in [0.3, 0.4) is 0 Å². The van der Waals surface area contributed by atoms with Crippen LogP contribution in [-0.4, -0.2) is 17.7 Å². The van der Waals surface area contributed by atoms with Gasteiger partial charge in [-0.05, 0) is 41.9 Å². The molecular formula is C23H24ClF3O3. The quantitative estimate of drug-likeness (QED) is 0.479. The Morgan fingerprint density at radius 3 is 2.40 bits per heavy atom. The lowest BCUT2D eigenvalue weighted by Crippen LogP contribution is -2.24. The minimum atomic E-state index is -4.82. The summed E-state index contributed by atoms with van der Waals surface area (Å²) in [5.74, 6) is -2.90. The molecule has 0 radical (unpaired) electrons. The maximum atomic E-state index is 14.1. The van der Waals surface area contributed by atoms with Gasteiger partial charge in [-0.1, -0.05) is 62.2 Å². The zero-order valence-corrected chi connectivity index (χ0v) is 17.6. The summed E-state index contributed by atoms with van der Waals surface area (Å²) in [5.41, 5.74) is -0.457. The van der Waals surface area contributed by atoms with E-state index in [-0.39, 0.29) is 17.9 Å². The number of hydrogen-bond acceptors (Lipinski definition) is 2. The van der Waals surface area contributed by atoms with Crippen LogP contribution in [0.5, 0.6) is 5.75 Å². The predicted molar refractivity (Wildman–Crippen MR) is 110 cm³/mol. The lowest BCUT2D eigenvalue weighted by molar-refractivity contribution is -0.142. The van der Waals surface area contributed by atoms with Crippen molar-refractivity contribution in [3.63, 3.8) is 0 Å². The van der Waals surface area contributed by atoms with Crippen LogP contribution < -0.4 is 4.74 Å². The van der Waals surface area contributed by atoms with E-state index in [1.54, 1.807) is 44.2 Å². The molecule has 0 bridgehead atoms. The number of aliphatic carboxylic acids is 1. The van der Waals surface area contributed by atoms with Gasteiger partial charge in [-0.3, -0.25) is 4.79 Å². The van der Waals surface area contributed by atoms with E-state index in [1.165, 1.54) is 6.07 Å². The number of rotatable bonds is 8. The van der Waals surface area contributed by atoms with Crippen LogP contribution in [0.15, 0.2) is 36.4 Å². The summed E-state index contributed by atoms with van der Waals surface area (Å²) >= 11 is 6.32. The highest BCUT2D eigenvalue weighted by atomic mass is 35.5. The molecule has 1 aliphatic carbocycles. The van der Waals surface area contributed by atoms with Crippen LogP contribution in [0.1, 0.15) is 50.2 Å². The third kappa shape index (κ3) is 4.75. The first-order valence-electron chi connectivity index (χ1n) is 9.99. The first-order chi connectivity index (χ1) is 14.1. The maximum absolute atomic E-state index is 14.1. The molecule has 0 aromatic heterocycles. The van der Waals surface area contributed by atoms with Gasteiger partial charge in [0.15, 0.2) is 0 Å². The van der Waals surface area contributed by atoms with E-state index in [2.05, 4.69) is 0 Å². The van der Waals surface area contributed by atoms with Crippen molar-refractivity contribution in [1.29, 1.82) is 0 Å². The highest BCUT2D eigenvalue weighted by Gasteiger charge is 2.43. The first kappa shape index (κ1) is 22.5. The molecule has 2 aromatic carbocycles. The van der Waals surface area contributed by atoms with Crippen molar-refractivity contribution in [2.45, 2.75) is 45.2 Å². The second-order valence-corrected chi connectivity index (χ2v) is 8.23. The highest BCUT2D eigenvalue weighted by Crippen LogP contribution is 2.50. The molecule has 3 rings (SSSR count). The third-order valence-corrected chi connectivity index (χ3v) is 5.96. The van der Waals surface area contributed by atoms with Crippen molar-refractivity contribution in [3.05, 3.63) is 52.5 Å². The molecule has 0 saturated heterocycles. The number of carboxylic acids is 1. The summed E-state index contributed by atoms with van der Waals surface area (Å²) in [6, 6.07) is 10.1. The molecule has 3 nitrogen and oxygen atoms in total. The van der Waals surface area contributed by atoms with E-state index in [9.17, 15) is 23.1 Å². The van der Waals surface area contributed by atoms with E-state index in [4.69, 9.17) is 16.3 Å². The Morgan fingerprint density at radius 2 is 1.90 bits per heavy atom. The van der Waals surface area contributed by atoms with E-state index in [0.717, 1.165) is 12.8 Å². The second kappa shape index (κ2) is 8.88. The van der Waals surface area contributed by atoms with E-state index < -0.39 is 34.6 Å². The zero-order valence-electron chi connectivity index (χ0n) is 16.8. The highest BCUT2D eigenvalue weighted by molar-refractivity contribution is 6.33. The Balaban J connectivity index is 2.29. The molecule has 0 amide bonds. The smallest absolute Gasteiger partial charge is 0.418 e. The molecule has 1 aliphatic rings. The van der Waals surface area contributed by atoms with Crippen LogP contribution in [0, 0.1) is 11.8 Å². The summed E-state index contributed by atoms with van der Waals surface area (Å²) < 4.78 is 48.1. The molecule has 0 aliphatic heterocycles. The molecule has 7 heteroatoms. The Kier molecular flexibility index (Phi) is 6.65. The van der Waals surface area contributed by atoms with Gasteiger partial charge in [0.1, 0.15) is 5.75 Å². The fourth-order valence-corrected chi connectivity index (χ4v) is 3.94. The van der Waals surface area contributed by atoms with Crippen LogP contribution in [0.4, 0.5) is 13.2 Å². The van der Waals surface area contributed by atoms with Gasteiger partial charge in [-0.25, -0.2) is 0 Å². The van der Waals surface area contributed by atoms with Crippen molar-refractivity contribution >= 4 is 17.6 Å². The Morgan fingerprint density at radius 1 is 1.27 bits per heavy atom. The summed E-state index contributed by atoms with van der Waals surface area (Å²) in [6.45, 7) is 3.66. The summed E-state index contributed by atoms with van der Waals surface area (Å²) in [4.78, 5) is 12.0. The second-order valence-electron chi connectivity index (χ2n) is 7.85. The number of hydrogen-bond donors (Lipinski definition) is 1. The predicted octanol–water partition coefficient (Wildman–Crippen LogP) is 7.03. The van der Waals surface area contributed by atoms with Crippen LogP contribution in [0.2, 0.25) is 5.02 Å². The van der Waals surface area contributed by atoms with Crippen molar-refractivity contribution in [2.75, 3.05) is 6.61 Å². The lowest BCUT2D eigenvalue weighted by atomic mass is 9.81. The standard InChI is InChI=1S/C23H24ClF3O3/c1-3-13(2)18(22(28)29)17-11-16(15-7-5-4-6-8-15)21(30-12-14-9-10-14)20(24)19(17)23(25,26)27/h4-8,11,13-14,18H,3,9-10,12H2,1-2H3,(H,28,29). The van der Waals surface area contributed by atoms with E-state index in [0.29, 0.717) is 23.5 Å². The molecule has 1 N–H and O–H groups in total. The minimum absolute atomic E-state index is 0.0425. The SMILES string of the molecule is CCC(C)C(C(=O)O)c1cc(-c2ccccc2)c(OCC2CC2)c(Cl)c1C(F)(F)F. The number of benzene rings is 2. The van der Waals surface area contributed by atoms with Gasteiger partial charge < -0.3 is 9.84 Å². The van der Waals surface area contributed by atoms with Crippen molar-refractivity contribution in [1.82, 2.24) is 0 Å². The maximum Gasteiger partial charge on any atom is 0.418 e. The summed E-state index contributed by atoms with van der Waals surface area (Å²) in [6.07, 6.45) is -2.47. The lowest BCUT2D eigenvalue weighted by Gasteiger charge is -2.26. The Bertz CT molecular complexity index is 908. The normalized spacial score (nSPS) is 16.2. The molecule has 2 aromatic rings. The molecule has 2 unspecified atom stereocenters. The van der Waals surface area contributed by atoms with Gasteiger partial charge in [-0.2, -0.15) is 13.2 Å². The molecule has 1 fully saturated rings. The van der Waals surface area contributed by atoms with Crippen molar-refractivity contribution in [2.24, 2.45) is 11.8 Å². The van der Waals surface area contributed by atoms with Gasteiger partial charge >= 0.3 is 12.1 Å². The van der Waals surface area contributed by atoms with E-state index in [1.807, 2.05) is 0 Å². The van der Waals surface area contributed by atoms with Gasteiger partial charge in [0.25, 0.3) is 0 Å². The van der Waals surface area contributed by atoms with E-state index >= 15 is 0 Å². The zero-order chi connectivity index (χ0) is 22.1.